The van der Waals surface area contributed by atoms with Gasteiger partial charge in [0.1, 0.15) is 0 Å². The molecule has 0 aromatic rings. The molecule has 0 saturated carbocycles. The van der Waals surface area contributed by atoms with E-state index in [-0.39, 0.29) is 0 Å². The molecule has 0 aliphatic rings. The number of thiocarbonyl (C=S) groups is 1. The van der Waals surface area contributed by atoms with Crippen molar-refractivity contribution in [1.29, 1.82) is 0 Å². The van der Waals surface area contributed by atoms with Gasteiger partial charge in [0.05, 0.1) is 13.2 Å². The van der Waals surface area contributed by atoms with Crippen LogP contribution in [0.15, 0.2) is 0 Å². The van der Waals surface area contributed by atoms with Gasteiger partial charge < -0.3 is 10.1 Å². The van der Waals surface area contributed by atoms with Crippen molar-refractivity contribution in [2.45, 2.75) is 6.92 Å². The van der Waals surface area contributed by atoms with Crippen molar-refractivity contribution in [2.75, 3.05) is 13.2 Å². The lowest BCUT2D eigenvalue weighted by molar-refractivity contribution is 0.322. The number of nitrogens with one attached hydrogen (secondary N) is 1. The normalized spacial score (nSPS) is 7.56. The molecule has 0 aliphatic heterocycles. The zero-order valence-electron chi connectivity index (χ0n) is 5.31. The van der Waals surface area contributed by atoms with Crippen LogP contribution >= 0.6 is 12.2 Å². The Hall–Kier alpha value is -0.750. The SMILES string of the molecule is C#CCNC(=S)OCC. The molecule has 0 bridgehead atoms. The molecule has 0 aromatic carbocycles. The van der Waals surface area contributed by atoms with Crippen LogP contribution in [0.25, 0.3) is 0 Å². The van der Waals surface area contributed by atoms with Crippen molar-refractivity contribution < 1.29 is 4.74 Å². The second kappa shape index (κ2) is 5.39. The van der Waals surface area contributed by atoms with Gasteiger partial charge >= 0.3 is 0 Å². The Morgan fingerprint density at radius 1 is 1.89 bits per heavy atom. The third kappa shape index (κ3) is 5.12. The first-order chi connectivity index (χ1) is 4.31. The largest absolute Gasteiger partial charge is 0.471 e. The van der Waals surface area contributed by atoms with Crippen molar-refractivity contribution in [3.05, 3.63) is 0 Å². The summed E-state index contributed by atoms with van der Waals surface area (Å²) in [5.74, 6) is 2.38. The first-order valence-electron chi connectivity index (χ1n) is 2.65. The molecular formula is C6H9NOS. The average Bonchev–Trinajstić information content (AvgIpc) is 1.85. The Morgan fingerprint density at radius 3 is 3.00 bits per heavy atom. The highest BCUT2D eigenvalue weighted by Gasteiger charge is 1.88. The summed E-state index contributed by atoms with van der Waals surface area (Å²) in [5.41, 5.74) is 0. The van der Waals surface area contributed by atoms with Gasteiger partial charge in [-0.15, -0.1) is 6.42 Å². The molecule has 0 heterocycles. The van der Waals surface area contributed by atoms with Gasteiger partial charge in [-0.1, -0.05) is 5.92 Å². The first kappa shape index (κ1) is 8.25. The predicted molar refractivity (Wildman–Crippen MR) is 41.1 cm³/mol. The smallest absolute Gasteiger partial charge is 0.257 e. The summed E-state index contributed by atoms with van der Waals surface area (Å²) in [6, 6.07) is 0. The zero-order chi connectivity index (χ0) is 7.11. The lowest BCUT2D eigenvalue weighted by Gasteiger charge is -2.02. The molecule has 0 unspecified atom stereocenters. The van der Waals surface area contributed by atoms with Gasteiger partial charge in [-0.05, 0) is 19.1 Å². The van der Waals surface area contributed by atoms with E-state index in [0.29, 0.717) is 18.3 Å². The van der Waals surface area contributed by atoms with E-state index in [4.69, 9.17) is 11.2 Å². The van der Waals surface area contributed by atoms with Crippen LogP contribution in [0.5, 0.6) is 0 Å². The summed E-state index contributed by atoms with van der Waals surface area (Å²) in [6.45, 7) is 2.87. The Morgan fingerprint density at radius 2 is 2.56 bits per heavy atom. The summed E-state index contributed by atoms with van der Waals surface area (Å²) in [6.07, 6.45) is 4.95. The molecule has 0 fully saturated rings. The van der Waals surface area contributed by atoms with E-state index < -0.39 is 0 Å². The van der Waals surface area contributed by atoms with E-state index in [1.54, 1.807) is 0 Å². The standard InChI is InChI=1S/C6H9NOS/c1-3-5-7-6(9)8-4-2/h1H,4-5H2,2H3,(H,7,9). The first-order valence-corrected chi connectivity index (χ1v) is 3.06. The monoisotopic (exact) mass is 143 g/mol. The maximum Gasteiger partial charge on any atom is 0.257 e. The minimum absolute atomic E-state index is 0.371. The third-order valence-electron chi connectivity index (χ3n) is 0.610. The molecule has 0 amide bonds. The topological polar surface area (TPSA) is 21.3 Å². The number of rotatable bonds is 2. The molecule has 1 N–H and O–H groups in total. The summed E-state index contributed by atoms with van der Waals surface area (Å²) < 4.78 is 4.87. The molecule has 0 spiro atoms. The van der Waals surface area contributed by atoms with Crippen LogP contribution in [0.3, 0.4) is 0 Å². The van der Waals surface area contributed by atoms with Gasteiger partial charge in [0.15, 0.2) is 0 Å². The van der Waals surface area contributed by atoms with Gasteiger partial charge in [0, 0.05) is 0 Å². The highest BCUT2D eigenvalue weighted by molar-refractivity contribution is 7.80. The minimum atomic E-state index is 0.371. The van der Waals surface area contributed by atoms with E-state index >= 15 is 0 Å². The minimum Gasteiger partial charge on any atom is -0.471 e. The van der Waals surface area contributed by atoms with Gasteiger partial charge in [0.2, 0.25) is 0 Å². The number of hydrogen-bond donors (Lipinski definition) is 1. The maximum absolute atomic E-state index is 4.95. The van der Waals surface area contributed by atoms with E-state index in [0.717, 1.165) is 0 Å². The highest BCUT2D eigenvalue weighted by atomic mass is 32.1. The molecule has 0 aliphatic carbocycles. The summed E-state index contributed by atoms with van der Waals surface area (Å²) in [7, 11) is 0. The summed E-state index contributed by atoms with van der Waals surface area (Å²) >= 11 is 4.69. The second-order valence-electron chi connectivity index (χ2n) is 1.28. The second-order valence-corrected chi connectivity index (χ2v) is 1.65. The van der Waals surface area contributed by atoms with E-state index in [1.165, 1.54) is 0 Å². The number of hydrogen-bond acceptors (Lipinski definition) is 2. The van der Waals surface area contributed by atoms with Crippen LogP contribution in [0.2, 0.25) is 0 Å². The van der Waals surface area contributed by atoms with Crippen LogP contribution in [-0.4, -0.2) is 18.3 Å². The molecule has 50 valence electrons. The van der Waals surface area contributed by atoms with E-state index in [2.05, 4.69) is 23.5 Å². The van der Waals surface area contributed by atoms with Gasteiger partial charge in [-0.3, -0.25) is 0 Å². The molecule has 0 atom stereocenters. The molecule has 2 nitrogen and oxygen atoms in total. The fourth-order valence-corrected chi connectivity index (χ4v) is 0.495. The van der Waals surface area contributed by atoms with Crippen molar-refractivity contribution in [3.8, 4) is 12.3 Å². The van der Waals surface area contributed by atoms with Crippen molar-refractivity contribution in [3.63, 3.8) is 0 Å². The van der Waals surface area contributed by atoms with Crippen LogP contribution in [0.1, 0.15) is 6.92 Å². The highest BCUT2D eigenvalue weighted by Crippen LogP contribution is 1.74. The van der Waals surface area contributed by atoms with Crippen LogP contribution in [-0.2, 0) is 4.74 Å². The van der Waals surface area contributed by atoms with Crippen LogP contribution < -0.4 is 5.32 Å². The molecule has 3 heteroatoms. The Balaban J connectivity index is 3.19. The summed E-state index contributed by atoms with van der Waals surface area (Å²) in [4.78, 5) is 0. The van der Waals surface area contributed by atoms with Crippen molar-refractivity contribution in [1.82, 2.24) is 5.32 Å². The van der Waals surface area contributed by atoms with Gasteiger partial charge in [-0.25, -0.2) is 0 Å². The molecule has 0 aromatic heterocycles. The van der Waals surface area contributed by atoms with Gasteiger partial charge in [-0.2, -0.15) is 0 Å². The number of ether oxygens (including phenoxy) is 1. The van der Waals surface area contributed by atoms with Gasteiger partial charge in [0.25, 0.3) is 5.17 Å². The lowest BCUT2D eigenvalue weighted by atomic mass is 10.7. The average molecular weight is 143 g/mol. The fourth-order valence-electron chi connectivity index (χ4n) is 0.305. The lowest BCUT2D eigenvalue weighted by Crippen LogP contribution is -2.23. The molecular weight excluding hydrogens is 134 g/mol. The van der Waals surface area contributed by atoms with Crippen molar-refractivity contribution in [2.24, 2.45) is 0 Å². The molecule has 0 radical (unpaired) electrons. The van der Waals surface area contributed by atoms with Crippen LogP contribution in [0.4, 0.5) is 0 Å². The molecule has 9 heavy (non-hydrogen) atoms. The van der Waals surface area contributed by atoms with E-state index in [1.807, 2.05) is 6.92 Å². The fraction of sp³-hybridized carbons (Fsp3) is 0.500. The Labute approximate surface area is 60.6 Å². The number of terminal acetylenes is 1. The molecule has 0 rings (SSSR count). The van der Waals surface area contributed by atoms with Crippen molar-refractivity contribution >= 4 is 17.4 Å². The quantitative estimate of drug-likeness (QED) is 0.450. The Bertz CT molecular complexity index is 128. The van der Waals surface area contributed by atoms with Crippen LogP contribution in [0, 0.1) is 12.3 Å². The Kier molecular flexibility index (Phi) is 4.94. The van der Waals surface area contributed by atoms with E-state index in [9.17, 15) is 0 Å². The zero-order valence-corrected chi connectivity index (χ0v) is 6.12. The maximum atomic E-state index is 4.95. The predicted octanol–water partition coefficient (Wildman–Crippen LogP) is 0.531. The summed E-state index contributed by atoms with van der Waals surface area (Å²) in [5, 5.41) is 3.08. The molecule has 0 saturated heterocycles. The third-order valence-corrected chi connectivity index (χ3v) is 0.872.